The SMILES string of the molecule is Cc1cccnc1CNC1=NCCS1. The summed E-state index contributed by atoms with van der Waals surface area (Å²) in [6, 6.07) is 4.04. The van der Waals surface area contributed by atoms with E-state index in [0.717, 1.165) is 29.7 Å². The van der Waals surface area contributed by atoms with Crippen LogP contribution in [-0.4, -0.2) is 22.4 Å². The van der Waals surface area contributed by atoms with E-state index in [4.69, 9.17) is 0 Å². The number of nitrogens with one attached hydrogen (secondary N) is 1. The van der Waals surface area contributed by atoms with E-state index in [1.807, 2.05) is 12.3 Å². The van der Waals surface area contributed by atoms with Gasteiger partial charge in [0.15, 0.2) is 5.17 Å². The number of aromatic nitrogens is 1. The van der Waals surface area contributed by atoms with Crippen LogP contribution in [0.3, 0.4) is 0 Å². The summed E-state index contributed by atoms with van der Waals surface area (Å²) < 4.78 is 0. The third-order valence-corrected chi connectivity index (χ3v) is 3.04. The molecule has 14 heavy (non-hydrogen) atoms. The molecule has 0 unspecified atom stereocenters. The zero-order chi connectivity index (χ0) is 9.80. The minimum atomic E-state index is 0.776. The molecule has 0 saturated heterocycles. The first kappa shape index (κ1) is 9.52. The minimum Gasteiger partial charge on any atom is -0.359 e. The normalized spacial score (nSPS) is 15.4. The molecule has 0 radical (unpaired) electrons. The molecule has 1 N–H and O–H groups in total. The third-order valence-electron chi connectivity index (χ3n) is 2.11. The summed E-state index contributed by atoms with van der Waals surface area (Å²) in [5, 5.41) is 4.34. The fourth-order valence-electron chi connectivity index (χ4n) is 1.30. The number of pyridine rings is 1. The second-order valence-corrected chi connectivity index (χ2v) is 4.24. The maximum Gasteiger partial charge on any atom is 0.156 e. The average molecular weight is 207 g/mol. The van der Waals surface area contributed by atoms with E-state index < -0.39 is 0 Å². The number of thioether (sulfide) groups is 1. The molecule has 2 heterocycles. The van der Waals surface area contributed by atoms with E-state index in [9.17, 15) is 0 Å². The van der Waals surface area contributed by atoms with Crippen molar-refractivity contribution in [3.63, 3.8) is 0 Å². The summed E-state index contributed by atoms with van der Waals surface area (Å²) in [5.74, 6) is 1.10. The lowest BCUT2D eigenvalue weighted by Crippen LogP contribution is -2.19. The Balaban J connectivity index is 1.94. The van der Waals surface area contributed by atoms with Crippen molar-refractivity contribution in [1.82, 2.24) is 10.3 Å². The van der Waals surface area contributed by atoms with Crippen molar-refractivity contribution in [3.05, 3.63) is 29.6 Å². The molecule has 0 amide bonds. The van der Waals surface area contributed by atoms with Crippen molar-refractivity contribution in [2.45, 2.75) is 13.5 Å². The molecule has 0 bridgehead atoms. The first-order chi connectivity index (χ1) is 6.86. The van der Waals surface area contributed by atoms with Gasteiger partial charge in [0.05, 0.1) is 18.8 Å². The smallest absolute Gasteiger partial charge is 0.156 e. The summed E-state index contributed by atoms with van der Waals surface area (Å²) in [6.45, 7) is 3.79. The minimum absolute atomic E-state index is 0.776. The van der Waals surface area contributed by atoms with Crippen molar-refractivity contribution in [1.29, 1.82) is 0 Å². The van der Waals surface area contributed by atoms with Crippen LogP contribution in [0.4, 0.5) is 0 Å². The zero-order valence-corrected chi connectivity index (χ0v) is 8.97. The van der Waals surface area contributed by atoms with E-state index in [-0.39, 0.29) is 0 Å². The summed E-state index contributed by atoms with van der Waals surface area (Å²) in [4.78, 5) is 8.63. The van der Waals surface area contributed by atoms with Crippen LogP contribution in [0.1, 0.15) is 11.3 Å². The lowest BCUT2D eigenvalue weighted by molar-refractivity contribution is 0.869. The topological polar surface area (TPSA) is 37.3 Å². The Morgan fingerprint density at radius 2 is 2.50 bits per heavy atom. The number of aryl methyl sites for hydroxylation is 1. The van der Waals surface area contributed by atoms with Crippen molar-refractivity contribution < 1.29 is 0 Å². The summed E-state index contributed by atoms with van der Waals surface area (Å²) in [7, 11) is 0. The molecule has 1 aliphatic rings. The monoisotopic (exact) mass is 207 g/mol. The molecule has 1 aromatic rings. The molecule has 0 fully saturated rings. The molecule has 1 aromatic heterocycles. The highest BCUT2D eigenvalue weighted by Gasteiger charge is 2.06. The lowest BCUT2D eigenvalue weighted by atomic mass is 10.2. The molecule has 1 aliphatic heterocycles. The highest BCUT2D eigenvalue weighted by atomic mass is 32.2. The first-order valence-corrected chi connectivity index (χ1v) is 5.66. The van der Waals surface area contributed by atoms with Crippen molar-refractivity contribution >= 4 is 16.9 Å². The molecule has 0 spiro atoms. The van der Waals surface area contributed by atoms with Gasteiger partial charge >= 0.3 is 0 Å². The Morgan fingerprint density at radius 3 is 3.21 bits per heavy atom. The first-order valence-electron chi connectivity index (χ1n) is 4.68. The second-order valence-electron chi connectivity index (χ2n) is 3.16. The van der Waals surface area contributed by atoms with Crippen LogP contribution in [-0.2, 0) is 6.54 Å². The summed E-state index contributed by atoms with van der Waals surface area (Å²) in [6.07, 6.45) is 1.83. The lowest BCUT2D eigenvalue weighted by Gasteiger charge is -2.06. The molecule has 0 aromatic carbocycles. The standard InChI is InChI=1S/C10H13N3S/c1-8-3-2-4-11-9(8)7-13-10-12-5-6-14-10/h2-4H,5-7H2,1H3,(H,12,13). The van der Waals surface area contributed by atoms with Gasteiger partial charge < -0.3 is 5.32 Å². The van der Waals surface area contributed by atoms with Gasteiger partial charge in [-0.2, -0.15) is 0 Å². The van der Waals surface area contributed by atoms with Crippen LogP contribution in [0.5, 0.6) is 0 Å². The fourth-order valence-corrected chi connectivity index (χ4v) is 2.04. The quantitative estimate of drug-likeness (QED) is 0.800. The van der Waals surface area contributed by atoms with Gasteiger partial charge in [0.25, 0.3) is 0 Å². The maximum atomic E-state index is 4.32. The van der Waals surface area contributed by atoms with E-state index >= 15 is 0 Å². The largest absolute Gasteiger partial charge is 0.359 e. The molecule has 4 heteroatoms. The van der Waals surface area contributed by atoms with Crippen LogP contribution in [0, 0.1) is 6.92 Å². The van der Waals surface area contributed by atoms with Gasteiger partial charge in [-0.15, -0.1) is 0 Å². The maximum absolute atomic E-state index is 4.32. The Labute approximate surface area is 88.0 Å². The van der Waals surface area contributed by atoms with Crippen molar-refractivity contribution in [3.8, 4) is 0 Å². The van der Waals surface area contributed by atoms with Gasteiger partial charge in [-0.3, -0.25) is 9.98 Å². The fraction of sp³-hybridized carbons (Fsp3) is 0.400. The molecule has 0 saturated carbocycles. The van der Waals surface area contributed by atoms with Crippen LogP contribution in [0.15, 0.2) is 23.3 Å². The average Bonchev–Trinajstić information content (AvgIpc) is 2.69. The van der Waals surface area contributed by atoms with Crippen LogP contribution in [0.25, 0.3) is 0 Å². The highest BCUT2D eigenvalue weighted by molar-refractivity contribution is 8.14. The van der Waals surface area contributed by atoms with Crippen molar-refractivity contribution in [2.24, 2.45) is 4.99 Å². The van der Waals surface area contributed by atoms with Gasteiger partial charge in [0.1, 0.15) is 0 Å². The van der Waals surface area contributed by atoms with E-state index in [1.165, 1.54) is 5.56 Å². The number of nitrogens with zero attached hydrogens (tertiary/aromatic N) is 2. The van der Waals surface area contributed by atoms with Crippen LogP contribution in [0.2, 0.25) is 0 Å². The Kier molecular flexibility index (Phi) is 3.03. The number of hydrogen-bond donors (Lipinski definition) is 1. The second kappa shape index (κ2) is 4.46. The Bertz CT molecular complexity index is 349. The van der Waals surface area contributed by atoms with Crippen LogP contribution < -0.4 is 5.32 Å². The molecule has 74 valence electrons. The van der Waals surface area contributed by atoms with E-state index in [0.29, 0.717) is 0 Å². The molecule has 3 nitrogen and oxygen atoms in total. The molecular weight excluding hydrogens is 194 g/mol. The van der Waals surface area contributed by atoms with E-state index in [2.05, 4.69) is 28.3 Å². The van der Waals surface area contributed by atoms with Gasteiger partial charge in [-0.05, 0) is 18.6 Å². The molecule has 2 rings (SSSR count). The van der Waals surface area contributed by atoms with Gasteiger partial charge in [-0.25, -0.2) is 0 Å². The third kappa shape index (κ3) is 2.26. The van der Waals surface area contributed by atoms with Gasteiger partial charge in [0.2, 0.25) is 0 Å². The summed E-state index contributed by atoms with van der Waals surface area (Å²) >= 11 is 1.78. The highest BCUT2D eigenvalue weighted by Crippen LogP contribution is 2.10. The Morgan fingerprint density at radius 1 is 1.57 bits per heavy atom. The number of amidine groups is 1. The zero-order valence-electron chi connectivity index (χ0n) is 8.16. The predicted molar refractivity (Wildman–Crippen MR) is 60.6 cm³/mol. The van der Waals surface area contributed by atoms with Gasteiger partial charge in [-0.1, -0.05) is 17.8 Å². The predicted octanol–water partition coefficient (Wildman–Crippen LogP) is 1.58. The van der Waals surface area contributed by atoms with Gasteiger partial charge in [0, 0.05) is 11.9 Å². The molecular formula is C10H13N3S. The van der Waals surface area contributed by atoms with Crippen LogP contribution >= 0.6 is 11.8 Å². The Hall–Kier alpha value is -1.03. The number of hydrogen-bond acceptors (Lipinski definition) is 4. The summed E-state index contributed by atoms with van der Waals surface area (Å²) in [5.41, 5.74) is 2.33. The molecule has 0 atom stereocenters. The molecule has 0 aliphatic carbocycles. The van der Waals surface area contributed by atoms with E-state index in [1.54, 1.807) is 11.8 Å². The van der Waals surface area contributed by atoms with Crippen molar-refractivity contribution in [2.75, 3.05) is 12.3 Å². The number of rotatable bonds is 2. The number of aliphatic imine (C=N–C) groups is 1.